The van der Waals surface area contributed by atoms with Crippen molar-refractivity contribution in [3.63, 3.8) is 0 Å². The minimum Gasteiger partial charge on any atom is -0.338 e. The van der Waals surface area contributed by atoms with E-state index in [-0.39, 0.29) is 0 Å². The minimum absolute atomic E-state index is 0.393. The summed E-state index contributed by atoms with van der Waals surface area (Å²) in [4.78, 5) is 24.1. The highest BCUT2D eigenvalue weighted by molar-refractivity contribution is 5.98. The van der Waals surface area contributed by atoms with Gasteiger partial charge in [0.2, 0.25) is 0 Å². The largest absolute Gasteiger partial charge is 0.338 e. The standard InChI is InChI=1S/C21H27N3O3/c1-21(2,22)18(20(26)24-27)23-19(25)17-13-11-16(12-14-17)10-6-5-9-15-7-3-4-8-15/h6,10-15,18,27H,3-4,7-8,22H2,1-2H3,(H,23,25)(H,24,26)/t18-/m1/s1. The van der Waals surface area contributed by atoms with Gasteiger partial charge < -0.3 is 11.1 Å². The highest BCUT2D eigenvalue weighted by atomic mass is 16.5. The van der Waals surface area contributed by atoms with Gasteiger partial charge in [-0.2, -0.15) is 0 Å². The van der Waals surface area contributed by atoms with Gasteiger partial charge in [-0.05, 0) is 56.5 Å². The maximum Gasteiger partial charge on any atom is 0.267 e. The third kappa shape index (κ3) is 6.24. The van der Waals surface area contributed by atoms with Gasteiger partial charge in [0.15, 0.2) is 0 Å². The van der Waals surface area contributed by atoms with Crippen LogP contribution >= 0.6 is 0 Å². The van der Waals surface area contributed by atoms with Crippen LogP contribution in [0.1, 0.15) is 55.5 Å². The van der Waals surface area contributed by atoms with Crippen molar-refractivity contribution in [1.29, 1.82) is 0 Å². The number of hydrogen-bond acceptors (Lipinski definition) is 4. The molecule has 0 saturated heterocycles. The second-order valence-electron chi connectivity index (χ2n) is 7.43. The van der Waals surface area contributed by atoms with E-state index < -0.39 is 23.4 Å². The number of nitrogens with one attached hydrogen (secondary N) is 2. The number of nitrogens with two attached hydrogens (primary N) is 1. The van der Waals surface area contributed by atoms with Gasteiger partial charge in [-0.3, -0.25) is 14.8 Å². The van der Waals surface area contributed by atoms with Crippen molar-refractivity contribution >= 4 is 17.9 Å². The number of hydroxylamine groups is 1. The SMILES string of the molecule is CC(C)(N)[C@H](NC(=O)c1ccc(C=CC#CC2CCCC2)cc1)C(=O)NO. The lowest BCUT2D eigenvalue weighted by molar-refractivity contribution is -0.132. The lowest BCUT2D eigenvalue weighted by Crippen LogP contribution is -2.61. The van der Waals surface area contributed by atoms with Gasteiger partial charge in [0.25, 0.3) is 11.8 Å². The summed E-state index contributed by atoms with van der Waals surface area (Å²) in [6.07, 6.45) is 8.66. The molecule has 0 aromatic heterocycles. The van der Waals surface area contributed by atoms with Crippen LogP contribution in [-0.2, 0) is 4.79 Å². The fourth-order valence-electron chi connectivity index (χ4n) is 2.99. The molecule has 2 rings (SSSR count). The Bertz CT molecular complexity index is 746. The van der Waals surface area contributed by atoms with Gasteiger partial charge in [-0.25, -0.2) is 5.48 Å². The fraction of sp³-hybridized carbons (Fsp3) is 0.429. The van der Waals surface area contributed by atoms with Crippen molar-refractivity contribution in [1.82, 2.24) is 10.8 Å². The van der Waals surface area contributed by atoms with Gasteiger partial charge in [-0.1, -0.05) is 36.8 Å². The summed E-state index contributed by atoms with van der Waals surface area (Å²) in [5.41, 5.74) is 7.72. The maximum absolute atomic E-state index is 12.4. The number of benzene rings is 1. The predicted molar refractivity (Wildman–Crippen MR) is 105 cm³/mol. The van der Waals surface area contributed by atoms with Gasteiger partial charge in [0, 0.05) is 17.0 Å². The molecule has 144 valence electrons. The zero-order chi connectivity index (χ0) is 19.9. The smallest absolute Gasteiger partial charge is 0.267 e. The van der Waals surface area contributed by atoms with Crippen LogP contribution in [0.25, 0.3) is 6.08 Å². The van der Waals surface area contributed by atoms with E-state index in [9.17, 15) is 9.59 Å². The molecule has 1 aromatic rings. The van der Waals surface area contributed by atoms with Crippen molar-refractivity contribution in [2.24, 2.45) is 11.7 Å². The van der Waals surface area contributed by atoms with Gasteiger partial charge in [-0.15, -0.1) is 0 Å². The Kier molecular flexibility index (Phi) is 7.17. The summed E-state index contributed by atoms with van der Waals surface area (Å²) in [6, 6.07) is 5.86. The molecule has 1 aliphatic rings. The summed E-state index contributed by atoms with van der Waals surface area (Å²) in [6.45, 7) is 3.18. The molecule has 1 fully saturated rings. The van der Waals surface area contributed by atoms with E-state index in [4.69, 9.17) is 10.9 Å². The minimum atomic E-state index is -1.07. The summed E-state index contributed by atoms with van der Waals surface area (Å²) >= 11 is 0. The quantitative estimate of drug-likeness (QED) is 0.363. The third-order valence-electron chi connectivity index (χ3n) is 4.57. The number of carbonyl (C=O) groups is 2. The summed E-state index contributed by atoms with van der Waals surface area (Å²) < 4.78 is 0. The van der Waals surface area contributed by atoms with Gasteiger partial charge >= 0.3 is 0 Å². The molecule has 0 spiro atoms. The molecular formula is C21H27N3O3. The molecule has 6 nitrogen and oxygen atoms in total. The normalized spacial score (nSPS) is 15.9. The highest BCUT2D eigenvalue weighted by Gasteiger charge is 2.33. The van der Waals surface area contributed by atoms with Crippen molar-refractivity contribution in [3.8, 4) is 11.8 Å². The average molecular weight is 369 g/mol. The summed E-state index contributed by atoms with van der Waals surface area (Å²) in [5, 5.41) is 11.4. The Labute approximate surface area is 160 Å². The van der Waals surface area contributed by atoms with E-state index in [0.29, 0.717) is 11.5 Å². The summed E-state index contributed by atoms with van der Waals surface area (Å²) in [5.74, 6) is 5.66. The number of amides is 2. The molecular weight excluding hydrogens is 342 g/mol. The Morgan fingerprint density at radius 2 is 1.89 bits per heavy atom. The van der Waals surface area contributed by atoms with E-state index >= 15 is 0 Å². The first-order chi connectivity index (χ1) is 12.8. The second-order valence-corrected chi connectivity index (χ2v) is 7.43. The van der Waals surface area contributed by atoms with Gasteiger partial charge in [0.05, 0.1) is 0 Å². The van der Waals surface area contributed by atoms with E-state index in [1.54, 1.807) is 38.1 Å². The lowest BCUT2D eigenvalue weighted by atomic mass is 9.95. The van der Waals surface area contributed by atoms with Crippen LogP contribution in [0, 0.1) is 17.8 Å². The van der Waals surface area contributed by atoms with Crippen molar-refractivity contribution in [2.75, 3.05) is 0 Å². The molecule has 1 aromatic carbocycles. The molecule has 27 heavy (non-hydrogen) atoms. The highest BCUT2D eigenvalue weighted by Crippen LogP contribution is 2.23. The van der Waals surface area contributed by atoms with Crippen molar-refractivity contribution in [3.05, 3.63) is 41.5 Å². The van der Waals surface area contributed by atoms with Crippen LogP contribution in [0.15, 0.2) is 30.3 Å². The maximum atomic E-state index is 12.4. The Balaban J connectivity index is 1.98. The van der Waals surface area contributed by atoms with Crippen molar-refractivity contribution < 1.29 is 14.8 Å². The van der Waals surface area contributed by atoms with Gasteiger partial charge in [0.1, 0.15) is 6.04 Å². The molecule has 0 aliphatic heterocycles. The van der Waals surface area contributed by atoms with Crippen molar-refractivity contribution in [2.45, 2.75) is 51.1 Å². The van der Waals surface area contributed by atoms with Crippen LogP contribution in [0.4, 0.5) is 0 Å². The predicted octanol–water partition coefficient (Wildman–Crippen LogP) is 2.23. The molecule has 6 heteroatoms. The Hall–Kier alpha value is -2.62. The molecule has 0 heterocycles. The lowest BCUT2D eigenvalue weighted by Gasteiger charge is -2.29. The molecule has 0 unspecified atom stereocenters. The van der Waals surface area contributed by atoms with E-state index in [2.05, 4.69) is 17.2 Å². The molecule has 5 N–H and O–H groups in total. The monoisotopic (exact) mass is 369 g/mol. The number of allylic oxidation sites excluding steroid dienone is 1. The van der Waals surface area contributed by atoms with Crippen LogP contribution < -0.4 is 16.5 Å². The summed E-state index contributed by atoms with van der Waals surface area (Å²) in [7, 11) is 0. The molecule has 1 atom stereocenters. The topological polar surface area (TPSA) is 104 Å². The Morgan fingerprint density at radius 3 is 2.44 bits per heavy atom. The number of hydrogen-bond donors (Lipinski definition) is 4. The third-order valence-corrected chi connectivity index (χ3v) is 4.57. The van der Waals surface area contributed by atoms with E-state index in [0.717, 1.165) is 5.56 Å². The number of rotatable bonds is 5. The number of carbonyl (C=O) groups excluding carboxylic acids is 2. The first-order valence-electron chi connectivity index (χ1n) is 9.12. The fourth-order valence-corrected chi connectivity index (χ4v) is 2.99. The Morgan fingerprint density at radius 1 is 1.26 bits per heavy atom. The molecule has 2 amide bonds. The average Bonchev–Trinajstić information content (AvgIpc) is 3.15. The second kappa shape index (κ2) is 9.36. The van der Waals surface area contributed by atoms with Crippen LogP contribution in [0.2, 0.25) is 0 Å². The molecule has 1 aliphatic carbocycles. The zero-order valence-corrected chi connectivity index (χ0v) is 15.8. The first kappa shape index (κ1) is 20.7. The van der Waals surface area contributed by atoms with E-state index in [1.807, 2.05) is 12.2 Å². The van der Waals surface area contributed by atoms with E-state index in [1.165, 1.54) is 31.2 Å². The van der Waals surface area contributed by atoms with Crippen LogP contribution in [0.3, 0.4) is 0 Å². The zero-order valence-electron chi connectivity index (χ0n) is 15.8. The van der Waals surface area contributed by atoms with Crippen LogP contribution in [-0.4, -0.2) is 28.6 Å². The molecule has 1 saturated carbocycles. The van der Waals surface area contributed by atoms with Crippen LogP contribution in [0.5, 0.6) is 0 Å². The molecule has 0 radical (unpaired) electrons. The first-order valence-corrected chi connectivity index (χ1v) is 9.12. The molecule has 0 bridgehead atoms.